The minimum Gasteiger partial charge on any atom is -0.332 e. The molecule has 1 aliphatic rings. The highest BCUT2D eigenvalue weighted by molar-refractivity contribution is 8.14. The van der Waals surface area contributed by atoms with E-state index in [1.54, 1.807) is 11.8 Å². The van der Waals surface area contributed by atoms with E-state index in [9.17, 15) is 0 Å². The highest BCUT2D eigenvalue weighted by Crippen LogP contribution is 2.49. The molecule has 22 heavy (non-hydrogen) atoms. The molecule has 0 saturated carbocycles. The topological polar surface area (TPSA) is 51.3 Å². The van der Waals surface area contributed by atoms with Gasteiger partial charge in [-0.1, -0.05) is 77.6 Å². The van der Waals surface area contributed by atoms with Crippen molar-refractivity contribution in [3.8, 4) is 0 Å². The Balaban J connectivity index is 1.75. The van der Waals surface area contributed by atoms with Gasteiger partial charge in [-0.15, -0.1) is 0 Å². The first-order valence-electron chi connectivity index (χ1n) is 7.03. The molecule has 0 radical (unpaired) electrons. The summed E-state index contributed by atoms with van der Waals surface area (Å²) in [6.07, 6.45) is 1.41. The lowest BCUT2D eigenvalue weighted by Crippen LogP contribution is -2.02. The van der Waals surface area contributed by atoms with Crippen molar-refractivity contribution in [2.45, 2.75) is 11.3 Å². The summed E-state index contributed by atoms with van der Waals surface area (Å²) < 4.78 is 5.17. The Bertz CT molecular complexity index is 772. The average Bonchev–Trinajstić information content (AvgIpc) is 3.26. The number of aromatic nitrogens is 2. The lowest BCUT2D eigenvalue weighted by molar-refractivity contribution is 0.411. The molecule has 3 aromatic rings. The molecule has 2 unspecified atom stereocenters. The number of thioether (sulfide) groups is 1. The maximum absolute atomic E-state index is 5.17. The van der Waals surface area contributed by atoms with Gasteiger partial charge in [0.15, 0.2) is 11.4 Å². The highest BCUT2D eigenvalue weighted by Gasteiger charge is 2.34. The van der Waals surface area contributed by atoms with E-state index in [0.717, 1.165) is 5.04 Å². The van der Waals surface area contributed by atoms with Crippen molar-refractivity contribution in [3.63, 3.8) is 0 Å². The zero-order valence-electron chi connectivity index (χ0n) is 11.7. The van der Waals surface area contributed by atoms with Crippen LogP contribution in [0, 0.1) is 0 Å². The number of hydrogen-bond acceptors (Lipinski definition) is 5. The van der Waals surface area contributed by atoms with Gasteiger partial charge in [-0.2, -0.15) is 4.98 Å². The van der Waals surface area contributed by atoms with E-state index in [0.29, 0.717) is 5.89 Å². The fraction of sp³-hybridized carbons (Fsp3) is 0.118. The molecule has 2 atom stereocenters. The van der Waals surface area contributed by atoms with Crippen LogP contribution in [0.15, 0.2) is 76.5 Å². The predicted octanol–water partition coefficient (Wildman–Crippen LogP) is 4.05. The Kier molecular flexibility index (Phi) is 3.48. The summed E-state index contributed by atoms with van der Waals surface area (Å²) in [6.45, 7) is 0. The summed E-state index contributed by atoms with van der Waals surface area (Å²) >= 11 is 1.68. The van der Waals surface area contributed by atoms with Gasteiger partial charge in [0.05, 0.1) is 11.3 Å². The van der Waals surface area contributed by atoms with Crippen molar-refractivity contribution in [1.29, 1.82) is 0 Å². The molecule has 0 saturated heterocycles. The van der Waals surface area contributed by atoms with Gasteiger partial charge in [0, 0.05) is 0 Å². The molecular weight excluding hydrogens is 294 g/mol. The quantitative estimate of drug-likeness (QED) is 0.732. The van der Waals surface area contributed by atoms with Crippen LogP contribution in [0.5, 0.6) is 0 Å². The van der Waals surface area contributed by atoms with Gasteiger partial charge in [-0.25, -0.2) is 0 Å². The number of hydrogen-bond donors (Lipinski definition) is 0. The monoisotopic (exact) mass is 307 g/mol. The molecule has 0 fully saturated rings. The largest absolute Gasteiger partial charge is 0.332 e. The van der Waals surface area contributed by atoms with Crippen molar-refractivity contribution in [3.05, 3.63) is 84.0 Å². The second-order valence-corrected chi connectivity index (χ2v) is 6.12. The van der Waals surface area contributed by atoms with Crippen molar-refractivity contribution in [2.24, 2.45) is 4.99 Å². The smallest absolute Gasteiger partial charge is 0.282 e. The van der Waals surface area contributed by atoms with Gasteiger partial charge in [0.2, 0.25) is 0 Å². The molecule has 5 heteroatoms. The molecule has 108 valence electrons. The van der Waals surface area contributed by atoms with Crippen LogP contribution in [-0.2, 0) is 0 Å². The van der Waals surface area contributed by atoms with Crippen molar-refractivity contribution >= 4 is 16.8 Å². The molecule has 0 N–H and O–H groups in total. The maximum Gasteiger partial charge on any atom is 0.282 e. The fourth-order valence-corrected chi connectivity index (χ4v) is 3.82. The zero-order valence-corrected chi connectivity index (χ0v) is 12.5. The van der Waals surface area contributed by atoms with Crippen LogP contribution in [-0.4, -0.2) is 15.2 Å². The first-order chi connectivity index (χ1) is 10.9. The normalized spacial score (nSPS) is 20.8. The predicted molar refractivity (Wildman–Crippen MR) is 86.8 cm³/mol. The summed E-state index contributed by atoms with van der Waals surface area (Å²) in [5, 5.41) is 4.70. The summed E-state index contributed by atoms with van der Waals surface area (Å²) in [4.78, 5) is 8.97. The fourth-order valence-electron chi connectivity index (χ4n) is 2.57. The molecule has 2 heterocycles. The van der Waals surface area contributed by atoms with Gasteiger partial charge < -0.3 is 4.52 Å². The SMILES string of the molecule is c1ccc(C2N=C(c3ncno3)SC2c2ccccc2)cc1. The first-order valence-corrected chi connectivity index (χ1v) is 7.91. The van der Waals surface area contributed by atoms with E-state index in [-0.39, 0.29) is 11.3 Å². The Labute approximate surface area is 132 Å². The second-order valence-electron chi connectivity index (χ2n) is 4.99. The van der Waals surface area contributed by atoms with Gasteiger partial charge >= 0.3 is 0 Å². The van der Waals surface area contributed by atoms with Crippen LogP contribution in [0.1, 0.15) is 28.3 Å². The number of nitrogens with zero attached hydrogens (tertiary/aromatic N) is 3. The maximum atomic E-state index is 5.17. The molecule has 2 aromatic carbocycles. The molecule has 4 nitrogen and oxygen atoms in total. The summed E-state index contributed by atoms with van der Waals surface area (Å²) in [7, 11) is 0. The molecule has 1 aliphatic heterocycles. The number of rotatable bonds is 3. The molecule has 0 spiro atoms. The molecule has 1 aromatic heterocycles. The molecular formula is C17H13N3OS. The average molecular weight is 307 g/mol. The Morgan fingerprint density at radius 2 is 1.55 bits per heavy atom. The van der Waals surface area contributed by atoms with Crippen LogP contribution >= 0.6 is 11.8 Å². The minimum absolute atomic E-state index is 0.0514. The van der Waals surface area contributed by atoms with Crippen molar-refractivity contribution in [1.82, 2.24) is 10.1 Å². The van der Waals surface area contributed by atoms with Crippen LogP contribution in [0.3, 0.4) is 0 Å². The Hall–Kier alpha value is -2.40. The van der Waals surface area contributed by atoms with Crippen molar-refractivity contribution < 1.29 is 4.52 Å². The van der Waals surface area contributed by atoms with Crippen LogP contribution in [0.4, 0.5) is 0 Å². The third-order valence-electron chi connectivity index (χ3n) is 3.60. The van der Waals surface area contributed by atoms with Crippen molar-refractivity contribution in [2.75, 3.05) is 0 Å². The van der Waals surface area contributed by atoms with Gasteiger partial charge in [0.1, 0.15) is 0 Å². The Morgan fingerprint density at radius 3 is 2.18 bits per heavy atom. The van der Waals surface area contributed by atoms with E-state index in [2.05, 4.69) is 46.5 Å². The lowest BCUT2D eigenvalue weighted by atomic mass is 9.99. The van der Waals surface area contributed by atoms with E-state index in [1.165, 1.54) is 17.5 Å². The summed E-state index contributed by atoms with van der Waals surface area (Å²) in [5.74, 6) is 0.490. The minimum atomic E-state index is 0.0514. The highest BCUT2D eigenvalue weighted by atomic mass is 32.2. The summed E-state index contributed by atoms with van der Waals surface area (Å²) in [5.41, 5.74) is 2.44. The van der Waals surface area contributed by atoms with E-state index < -0.39 is 0 Å². The Morgan fingerprint density at radius 1 is 0.864 bits per heavy atom. The zero-order chi connectivity index (χ0) is 14.8. The second kappa shape index (κ2) is 5.77. The standard InChI is InChI=1S/C17H13N3OS/c1-3-7-12(8-4-1)14-15(13-9-5-2-6-10-13)22-17(20-14)16-18-11-19-21-16/h1-11,14-15H. The van der Waals surface area contributed by atoms with Crippen LogP contribution in [0.2, 0.25) is 0 Å². The number of aliphatic imine (C=N–C) groups is 1. The van der Waals surface area contributed by atoms with Crippen LogP contribution in [0.25, 0.3) is 0 Å². The molecule has 0 amide bonds. The molecule has 4 rings (SSSR count). The van der Waals surface area contributed by atoms with E-state index in [4.69, 9.17) is 9.52 Å². The lowest BCUT2D eigenvalue weighted by Gasteiger charge is -2.17. The third kappa shape index (κ3) is 2.44. The summed E-state index contributed by atoms with van der Waals surface area (Å²) in [6, 6.07) is 20.8. The number of benzene rings is 2. The first kappa shape index (κ1) is 13.3. The van der Waals surface area contributed by atoms with E-state index in [1.807, 2.05) is 24.3 Å². The molecule has 0 aliphatic carbocycles. The van der Waals surface area contributed by atoms with Gasteiger partial charge in [-0.05, 0) is 11.1 Å². The molecule has 0 bridgehead atoms. The van der Waals surface area contributed by atoms with Crippen LogP contribution < -0.4 is 0 Å². The third-order valence-corrected chi connectivity index (χ3v) is 4.88. The van der Waals surface area contributed by atoms with Gasteiger partial charge in [0.25, 0.3) is 5.89 Å². The van der Waals surface area contributed by atoms with E-state index >= 15 is 0 Å². The van der Waals surface area contributed by atoms with Gasteiger partial charge in [-0.3, -0.25) is 4.99 Å².